The van der Waals surface area contributed by atoms with Crippen LogP contribution in [-0.4, -0.2) is 184 Å². The molecular weight excluding hydrogens is 1550 g/mol. The summed E-state index contributed by atoms with van der Waals surface area (Å²) in [5.41, 5.74) is 16.6. The van der Waals surface area contributed by atoms with Crippen LogP contribution in [0.1, 0.15) is 108 Å². The Morgan fingerprint density at radius 3 is 1.19 bits per heavy atom. The maximum absolute atomic E-state index is 13.5. The molecule has 14 rings (SSSR count). The van der Waals surface area contributed by atoms with Crippen molar-refractivity contribution in [1.82, 2.24) is 0 Å². The largest absolute Gasteiger partial charge is 1.00 e. The summed E-state index contributed by atoms with van der Waals surface area (Å²) in [6, 6.07) is 29.0. The van der Waals surface area contributed by atoms with Crippen LogP contribution in [0.2, 0.25) is 0 Å². The molecule has 0 aromatic heterocycles. The van der Waals surface area contributed by atoms with Crippen molar-refractivity contribution < 1.29 is 116 Å². The predicted molar refractivity (Wildman–Crippen MR) is 430 cm³/mol. The smallest absolute Gasteiger partial charge is 0.508 e. The number of rotatable bonds is 6. The van der Waals surface area contributed by atoms with E-state index in [0.717, 1.165) is 14.7 Å². The summed E-state index contributed by atoms with van der Waals surface area (Å²) in [7, 11) is 14.5. The zero-order valence-electron chi connectivity index (χ0n) is 61.6. The molecular formula is C79H82B6IN3O23+. The van der Waals surface area contributed by atoms with Gasteiger partial charge in [0.15, 0.2) is 34.2 Å². The number of aliphatic hydroxyl groups is 9. The number of amides is 3. The van der Waals surface area contributed by atoms with Crippen LogP contribution in [0.25, 0.3) is 28.4 Å². The van der Waals surface area contributed by atoms with Gasteiger partial charge in [-0.2, -0.15) is 0 Å². The van der Waals surface area contributed by atoms with Gasteiger partial charge in [-0.25, -0.2) is 0 Å². The van der Waals surface area contributed by atoms with Crippen LogP contribution >= 0.6 is 22.6 Å². The van der Waals surface area contributed by atoms with Gasteiger partial charge < -0.3 is 88.5 Å². The van der Waals surface area contributed by atoms with Crippen molar-refractivity contribution in [2.75, 3.05) is 0 Å². The van der Waals surface area contributed by atoms with E-state index in [0.29, 0.717) is 35.0 Å². The average molecular weight is 1630 g/mol. The van der Waals surface area contributed by atoms with E-state index >= 15 is 0 Å². The summed E-state index contributed by atoms with van der Waals surface area (Å²) in [5, 5.41) is 145. The number of hydrogen-bond acceptors (Lipinski definition) is 23. The Hall–Kier alpha value is -10.8. The van der Waals surface area contributed by atoms with Crippen LogP contribution in [0.5, 0.6) is 17.2 Å². The van der Waals surface area contributed by atoms with Gasteiger partial charge in [0.05, 0.1) is 16.7 Å². The number of phenolic OH excluding ortho intramolecular Hbond substituents is 3. The summed E-state index contributed by atoms with van der Waals surface area (Å²) in [5.74, 6) is -18.6. The lowest BCUT2D eigenvalue weighted by molar-refractivity contribution is -0.148. The van der Waals surface area contributed by atoms with Gasteiger partial charge in [0.1, 0.15) is 68.5 Å². The Morgan fingerprint density at radius 1 is 0.500 bits per heavy atom. The van der Waals surface area contributed by atoms with E-state index in [-0.39, 0.29) is 104 Å². The molecule has 26 nitrogen and oxygen atoms in total. The molecule has 5 aromatic carbocycles. The second-order valence-electron chi connectivity index (χ2n) is 26.3. The minimum absolute atomic E-state index is 0. The number of fused-ring (bicyclic) bond motifs is 9. The number of primary amides is 3. The number of Topliss-reactive ketones (excluding diaryl/α,β-unsaturated/α-hetero) is 6. The molecule has 9 aliphatic carbocycles. The first kappa shape index (κ1) is 90.1. The summed E-state index contributed by atoms with van der Waals surface area (Å²) < 4.78 is 0.794. The molecule has 5 aromatic rings. The molecule has 3 saturated carbocycles. The van der Waals surface area contributed by atoms with Gasteiger partial charge in [-0.15, -0.1) is 0 Å². The Bertz CT molecular complexity index is 4960. The van der Waals surface area contributed by atoms with Crippen LogP contribution in [0.15, 0.2) is 184 Å². The van der Waals surface area contributed by atoms with E-state index in [9.17, 15) is 104 Å². The molecule has 112 heavy (non-hydrogen) atoms. The molecule has 575 valence electrons. The van der Waals surface area contributed by atoms with Crippen LogP contribution < -0.4 is 22.7 Å². The highest BCUT2D eigenvalue weighted by Gasteiger charge is 2.64. The van der Waals surface area contributed by atoms with Gasteiger partial charge in [-0.1, -0.05) is 125 Å². The molecule has 3 fully saturated rings. The minimum atomic E-state index is -2.55. The third kappa shape index (κ3) is 16.7. The van der Waals surface area contributed by atoms with E-state index in [1.54, 1.807) is 48.5 Å². The summed E-state index contributed by atoms with van der Waals surface area (Å²) in [4.78, 5) is 111. The molecule has 0 saturated heterocycles. The lowest BCUT2D eigenvalue weighted by atomic mass is 8.97. The van der Waals surface area contributed by atoms with Crippen LogP contribution in [0, 0.1) is 39.1 Å². The van der Waals surface area contributed by atoms with Crippen molar-refractivity contribution in [3.63, 3.8) is 0 Å². The normalized spacial score (nSPS) is 23.7. The Kier molecular flexibility index (Phi) is 29.8. The Morgan fingerprint density at radius 2 is 0.839 bits per heavy atom. The first-order valence-corrected chi connectivity index (χ1v) is 35.9. The minimum Gasteiger partial charge on any atom is -0.508 e. The summed E-state index contributed by atoms with van der Waals surface area (Å²) in [6.07, 6.45) is -0.152. The first-order valence-electron chi connectivity index (χ1n) is 34.8. The second kappa shape index (κ2) is 37.0. The number of ketones is 6. The highest BCUT2D eigenvalue weighted by Crippen LogP contribution is 2.56. The first-order chi connectivity index (χ1) is 52.4. The van der Waals surface area contributed by atoms with Crippen molar-refractivity contribution in [3.05, 3.63) is 221 Å². The molecule has 0 spiro atoms. The van der Waals surface area contributed by atoms with Crippen LogP contribution in [0.3, 0.4) is 0 Å². The van der Waals surface area contributed by atoms with Crippen molar-refractivity contribution in [1.29, 1.82) is 0 Å². The molecule has 20 N–H and O–H groups in total. The Labute approximate surface area is 665 Å². The molecule has 0 aliphatic heterocycles. The second-order valence-corrected chi connectivity index (χ2v) is 27.5. The van der Waals surface area contributed by atoms with Crippen LogP contribution in [0.4, 0.5) is 0 Å². The Balaban J connectivity index is 0.000000264. The number of aromatic hydroxyl groups is 3. The van der Waals surface area contributed by atoms with E-state index in [2.05, 4.69) is 52.9 Å². The van der Waals surface area contributed by atoms with E-state index in [4.69, 9.17) is 50.5 Å². The fourth-order valence-corrected chi connectivity index (χ4v) is 16.0. The number of halogens is 1. The van der Waals surface area contributed by atoms with E-state index in [1.807, 2.05) is 64.1 Å². The standard InChI is InChI=1S/C25H21NO7.C19H16INO7.C19H17NO7.C6H7BO2.C5H4.2C2H6.CH4.B5/c26-24(32)20-17(28)10-13-8-12-9-15-14(11-4-2-1-3-5-11)6-7-16(27)19(15)21(29)18(12)22(30)25(13,33)23(20)31;20-9-1-2-10(22)13-8(9)4-6-3-7-5-11(23)14(18(21)27)17(26)19(7,28)16(25)12(6)15(13)24;20-18(26)14-11(22)6-9-5-8-4-7-2-1-3-10(21)12(7)15(23)13(8)16(24)19(9,27)17(14)25;8-7(9)6-4-2-1-3-5-6;1-3-5-4-2;2*1-2;;1-4-5(2)3/h1-7,12-13,27,29,31,33H,8-10H2,(H2,26,32);1-2,6-7,22,24,26,28H,3-5H2,(H2,21,27);1-3,8-9,21,23,25,27H,4-6H2,(H2,20,26);1-5,8-9H;1-2H2;2*1-2H3;1H4;/p+1/t12?,13?,25-;6?,7?,19-;8?,9?,19-;;;;;;/m000....../s1. The molecule has 6 unspecified atom stereocenters. The van der Waals surface area contributed by atoms with Crippen molar-refractivity contribution in [2.24, 2.45) is 52.7 Å². The molecule has 9 aliphatic rings. The molecule has 0 bridgehead atoms. The summed E-state index contributed by atoms with van der Waals surface area (Å²) in [6.45, 7) is 14.4. The number of carbonyl (C=O) groups is 9. The van der Waals surface area contributed by atoms with Gasteiger partial charge in [0.25, 0.3) is 17.7 Å². The molecule has 7 radical (unpaired) electrons. The predicted octanol–water partition coefficient (Wildman–Crippen LogP) is 5.07. The van der Waals surface area contributed by atoms with Gasteiger partial charge in [0, 0.05) is 94.0 Å². The zero-order chi connectivity index (χ0) is 83.0. The van der Waals surface area contributed by atoms with Gasteiger partial charge in [0.2, 0.25) is 17.3 Å². The highest BCUT2D eigenvalue weighted by atomic mass is 127. The number of nitrogens with two attached hydrogens (primary N) is 3. The van der Waals surface area contributed by atoms with Crippen molar-refractivity contribution >= 4 is 142 Å². The maximum Gasteiger partial charge on any atom is 1.00 e. The quantitative estimate of drug-likeness (QED) is 0.0456. The number of benzene rings is 5. The molecule has 33 heteroatoms. The third-order valence-corrected chi connectivity index (χ3v) is 21.2. The number of carbonyl (C=O) groups excluding carboxylic acids is 9. The van der Waals surface area contributed by atoms with E-state index in [1.165, 1.54) is 25.3 Å². The fraction of sp³-hybridized carbons (Fsp3) is 0.291. The lowest BCUT2D eigenvalue weighted by Crippen LogP contribution is -2.58. The molecule has 9 atom stereocenters. The van der Waals surface area contributed by atoms with Gasteiger partial charge in [-0.05, 0) is 155 Å². The third-order valence-electron chi connectivity index (χ3n) is 20.2. The van der Waals surface area contributed by atoms with Gasteiger partial charge >= 0.3 is 8.55 Å². The number of phenols is 3. The number of aliphatic hydroxyl groups excluding tert-OH is 6. The SMILES string of the molecule is C.C=C=C=C=C.CC.CC.NC(=O)C1=C(O)[C@@]2(O)C(=O)C3=C(O)c4c(O)ccc(-c5ccccc5)c4CC3CC2CC1=O.NC(=O)C1=C(O)[C@@]2(O)C(=O)C3=C(O)c4c(O)ccc(I)c4CC3CC2CC1=O.NC(=O)C1=C(O)[C@@]2(O)C(=O)C3=C(O)c4c(O)cccc4CC3CC2CC1=O.OB(O)c1ccccc1.[B][B]B([B])[B].[H+]. The van der Waals surface area contributed by atoms with Crippen molar-refractivity contribution in [2.45, 2.75) is 110 Å². The molecule has 0 heterocycles. The average Bonchev–Trinajstić information content (AvgIpc) is 0.722. The summed E-state index contributed by atoms with van der Waals surface area (Å²) >= 11 is 2.06. The maximum atomic E-state index is 13.5. The van der Waals surface area contributed by atoms with Crippen molar-refractivity contribution in [3.8, 4) is 28.4 Å². The topological polar surface area (TPSA) is 515 Å². The zero-order valence-corrected chi connectivity index (χ0v) is 62.7. The fourth-order valence-electron chi connectivity index (χ4n) is 15.3. The lowest BCUT2D eigenvalue weighted by Gasteiger charge is -2.46. The highest BCUT2D eigenvalue weighted by molar-refractivity contribution is 14.1. The monoisotopic (exact) mass is 1630 g/mol. The van der Waals surface area contributed by atoms with Gasteiger partial charge in [-0.3, -0.25) is 43.2 Å². The number of hydrogen-bond donors (Lipinski definition) is 17. The van der Waals surface area contributed by atoms with Crippen LogP contribution in [-0.2, 0) is 62.4 Å². The van der Waals surface area contributed by atoms with E-state index < -0.39 is 170 Å². The molecule has 3 amide bonds.